The van der Waals surface area contributed by atoms with Crippen molar-refractivity contribution in [3.05, 3.63) is 53.6 Å². The second-order valence-corrected chi connectivity index (χ2v) is 5.08. The Morgan fingerprint density at radius 1 is 1.30 bits per heavy atom. The van der Waals surface area contributed by atoms with Crippen molar-refractivity contribution in [2.24, 2.45) is 7.05 Å². The Morgan fingerprint density at radius 3 is 2.70 bits per heavy atom. The SMILES string of the molecule is Cn1ccc(C(=O)N2CCC[C@@H]2c2ccc(F)cc2)n1. The molecule has 0 radical (unpaired) electrons. The maximum Gasteiger partial charge on any atom is 0.274 e. The number of aryl methyl sites for hydroxylation is 1. The Hall–Kier alpha value is -2.17. The third-order valence-electron chi connectivity index (χ3n) is 3.70. The first-order valence-electron chi connectivity index (χ1n) is 6.71. The molecule has 4 nitrogen and oxygen atoms in total. The van der Waals surface area contributed by atoms with E-state index >= 15 is 0 Å². The molecule has 20 heavy (non-hydrogen) atoms. The molecule has 104 valence electrons. The van der Waals surface area contributed by atoms with E-state index in [1.54, 1.807) is 36.1 Å². The molecule has 0 aliphatic carbocycles. The summed E-state index contributed by atoms with van der Waals surface area (Å²) in [5.41, 5.74) is 1.44. The maximum absolute atomic E-state index is 13.0. The molecule has 1 aromatic carbocycles. The lowest BCUT2D eigenvalue weighted by atomic mass is 10.0. The summed E-state index contributed by atoms with van der Waals surface area (Å²) in [4.78, 5) is 14.3. The number of rotatable bonds is 2. The van der Waals surface area contributed by atoms with Gasteiger partial charge in [-0.3, -0.25) is 9.48 Å². The van der Waals surface area contributed by atoms with Gasteiger partial charge >= 0.3 is 0 Å². The van der Waals surface area contributed by atoms with Gasteiger partial charge in [0.2, 0.25) is 0 Å². The van der Waals surface area contributed by atoms with Gasteiger partial charge in [0.1, 0.15) is 11.5 Å². The molecular weight excluding hydrogens is 257 g/mol. The summed E-state index contributed by atoms with van der Waals surface area (Å²) >= 11 is 0. The van der Waals surface area contributed by atoms with E-state index in [9.17, 15) is 9.18 Å². The highest BCUT2D eigenvalue weighted by atomic mass is 19.1. The number of benzene rings is 1. The molecule has 1 amide bonds. The molecule has 1 aliphatic heterocycles. The summed E-state index contributed by atoms with van der Waals surface area (Å²) in [5.74, 6) is -0.313. The average Bonchev–Trinajstić information content (AvgIpc) is 3.07. The number of hydrogen-bond acceptors (Lipinski definition) is 2. The van der Waals surface area contributed by atoms with Crippen molar-refractivity contribution in [1.29, 1.82) is 0 Å². The van der Waals surface area contributed by atoms with E-state index in [0.717, 1.165) is 24.9 Å². The van der Waals surface area contributed by atoms with Crippen LogP contribution in [0.4, 0.5) is 4.39 Å². The number of nitrogens with zero attached hydrogens (tertiary/aromatic N) is 3. The summed E-state index contributed by atoms with van der Waals surface area (Å²) in [5, 5.41) is 4.16. The fraction of sp³-hybridized carbons (Fsp3) is 0.333. The molecule has 1 aromatic heterocycles. The van der Waals surface area contributed by atoms with Crippen LogP contribution in [-0.2, 0) is 7.05 Å². The van der Waals surface area contributed by atoms with E-state index in [1.165, 1.54) is 12.1 Å². The lowest BCUT2D eigenvalue weighted by molar-refractivity contribution is 0.0729. The lowest BCUT2D eigenvalue weighted by Crippen LogP contribution is -2.31. The smallest absolute Gasteiger partial charge is 0.274 e. The van der Waals surface area contributed by atoms with E-state index in [0.29, 0.717) is 5.69 Å². The van der Waals surface area contributed by atoms with Crippen LogP contribution < -0.4 is 0 Å². The minimum Gasteiger partial charge on any atom is -0.330 e. The van der Waals surface area contributed by atoms with Gasteiger partial charge in [0, 0.05) is 19.8 Å². The van der Waals surface area contributed by atoms with Gasteiger partial charge in [-0.2, -0.15) is 5.10 Å². The van der Waals surface area contributed by atoms with E-state index < -0.39 is 0 Å². The van der Waals surface area contributed by atoms with Gasteiger partial charge in [-0.25, -0.2) is 4.39 Å². The van der Waals surface area contributed by atoms with Crippen LogP contribution in [0.3, 0.4) is 0 Å². The Kier molecular flexibility index (Phi) is 3.26. The van der Waals surface area contributed by atoms with Gasteiger partial charge in [0.05, 0.1) is 6.04 Å². The van der Waals surface area contributed by atoms with Crippen LogP contribution in [0.5, 0.6) is 0 Å². The van der Waals surface area contributed by atoms with Crippen molar-refractivity contribution >= 4 is 5.91 Å². The summed E-state index contributed by atoms with van der Waals surface area (Å²) < 4.78 is 14.6. The Morgan fingerprint density at radius 2 is 2.05 bits per heavy atom. The second-order valence-electron chi connectivity index (χ2n) is 5.08. The van der Waals surface area contributed by atoms with Gasteiger partial charge in [0.25, 0.3) is 5.91 Å². The molecule has 1 saturated heterocycles. The molecule has 2 aromatic rings. The third-order valence-corrected chi connectivity index (χ3v) is 3.70. The van der Waals surface area contributed by atoms with E-state index in [2.05, 4.69) is 5.10 Å². The minimum absolute atomic E-state index is 0.0186. The van der Waals surface area contributed by atoms with Crippen molar-refractivity contribution in [2.75, 3.05) is 6.54 Å². The highest BCUT2D eigenvalue weighted by Gasteiger charge is 2.31. The number of carbonyl (C=O) groups is 1. The standard InChI is InChI=1S/C15H16FN3O/c1-18-10-8-13(17-18)15(20)19-9-2-3-14(19)11-4-6-12(16)7-5-11/h4-8,10,14H,2-3,9H2,1H3/t14-/m1/s1. The first-order valence-corrected chi connectivity index (χ1v) is 6.71. The van der Waals surface area contributed by atoms with Crippen LogP contribution >= 0.6 is 0 Å². The predicted octanol–water partition coefficient (Wildman–Crippen LogP) is 2.54. The molecule has 0 unspecified atom stereocenters. The minimum atomic E-state index is -0.255. The predicted molar refractivity (Wildman–Crippen MR) is 72.6 cm³/mol. The molecule has 2 heterocycles. The quantitative estimate of drug-likeness (QED) is 0.843. The van der Waals surface area contributed by atoms with Crippen LogP contribution in [0.2, 0.25) is 0 Å². The Labute approximate surface area is 116 Å². The number of amides is 1. The summed E-state index contributed by atoms with van der Waals surface area (Å²) in [6.07, 6.45) is 3.63. The highest BCUT2D eigenvalue weighted by Crippen LogP contribution is 2.32. The maximum atomic E-state index is 13.0. The fourth-order valence-electron chi connectivity index (χ4n) is 2.72. The Bertz CT molecular complexity index is 620. The fourth-order valence-corrected chi connectivity index (χ4v) is 2.72. The van der Waals surface area contributed by atoms with Crippen LogP contribution in [0.25, 0.3) is 0 Å². The molecule has 0 spiro atoms. The first kappa shape index (κ1) is 12.8. The van der Waals surface area contributed by atoms with Crippen molar-refractivity contribution in [2.45, 2.75) is 18.9 Å². The summed E-state index contributed by atoms with van der Waals surface area (Å²) in [6.45, 7) is 0.720. The zero-order chi connectivity index (χ0) is 14.1. The number of aromatic nitrogens is 2. The van der Waals surface area contributed by atoms with Crippen LogP contribution in [0.1, 0.15) is 34.9 Å². The molecule has 1 atom stereocenters. The van der Waals surface area contributed by atoms with Crippen LogP contribution in [0, 0.1) is 5.82 Å². The Balaban J connectivity index is 1.85. The third kappa shape index (κ3) is 2.31. The highest BCUT2D eigenvalue weighted by molar-refractivity contribution is 5.92. The molecule has 3 rings (SSSR count). The van der Waals surface area contributed by atoms with Crippen molar-refractivity contribution in [1.82, 2.24) is 14.7 Å². The van der Waals surface area contributed by atoms with Gasteiger partial charge in [-0.15, -0.1) is 0 Å². The average molecular weight is 273 g/mol. The van der Waals surface area contributed by atoms with Gasteiger partial charge in [-0.1, -0.05) is 12.1 Å². The van der Waals surface area contributed by atoms with Crippen molar-refractivity contribution in [3.8, 4) is 0 Å². The number of carbonyl (C=O) groups excluding carboxylic acids is 1. The number of hydrogen-bond donors (Lipinski definition) is 0. The lowest BCUT2D eigenvalue weighted by Gasteiger charge is -2.24. The number of likely N-dealkylation sites (tertiary alicyclic amines) is 1. The van der Waals surface area contributed by atoms with Gasteiger partial charge < -0.3 is 4.90 Å². The summed E-state index contributed by atoms with van der Waals surface area (Å²) in [7, 11) is 1.79. The van der Waals surface area contributed by atoms with E-state index in [4.69, 9.17) is 0 Å². The van der Waals surface area contributed by atoms with E-state index in [1.807, 2.05) is 4.90 Å². The largest absolute Gasteiger partial charge is 0.330 e. The van der Waals surface area contributed by atoms with Crippen LogP contribution in [-0.4, -0.2) is 27.1 Å². The zero-order valence-corrected chi connectivity index (χ0v) is 11.3. The molecule has 0 saturated carbocycles. The first-order chi connectivity index (χ1) is 9.65. The summed E-state index contributed by atoms with van der Waals surface area (Å²) in [6, 6.07) is 8.13. The van der Waals surface area contributed by atoms with Crippen molar-refractivity contribution in [3.63, 3.8) is 0 Å². The molecule has 1 aliphatic rings. The van der Waals surface area contributed by atoms with Gasteiger partial charge in [0.15, 0.2) is 0 Å². The zero-order valence-electron chi connectivity index (χ0n) is 11.3. The van der Waals surface area contributed by atoms with Gasteiger partial charge in [-0.05, 0) is 36.6 Å². The number of halogens is 1. The molecule has 1 fully saturated rings. The topological polar surface area (TPSA) is 38.1 Å². The normalized spacial score (nSPS) is 18.5. The monoisotopic (exact) mass is 273 g/mol. The molecule has 0 bridgehead atoms. The molecule has 0 N–H and O–H groups in total. The van der Waals surface area contributed by atoms with Crippen LogP contribution in [0.15, 0.2) is 36.5 Å². The van der Waals surface area contributed by atoms with Crippen molar-refractivity contribution < 1.29 is 9.18 Å². The molecule has 5 heteroatoms. The molecular formula is C15H16FN3O. The van der Waals surface area contributed by atoms with E-state index in [-0.39, 0.29) is 17.8 Å². The second kappa shape index (κ2) is 5.07.